The summed E-state index contributed by atoms with van der Waals surface area (Å²) >= 11 is 1.38. The maximum Gasteiger partial charge on any atom is 0.230 e. The minimum atomic E-state index is -0.0883. The maximum absolute atomic E-state index is 12.3. The van der Waals surface area contributed by atoms with Gasteiger partial charge >= 0.3 is 0 Å². The van der Waals surface area contributed by atoms with E-state index in [0.29, 0.717) is 13.0 Å². The highest BCUT2D eigenvalue weighted by Gasteiger charge is 2.14. The molecule has 2 aromatic heterocycles. The van der Waals surface area contributed by atoms with E-state index >= 15 is 0 Å². The number of benzene rings is 2. The van der Waals surface area contributed by atoms with Gasteiger partial charge in [0.05, 0.1) is 42.4 Å². The molecule has 0 aliphatic carbocycles. The van der Waals surface area contributed by atoms with Crippen molar-refractivity contribution in [3.05, 3.63) is 83.9 Å². The molecule has 0 aliphatic rings. The molecule has 0 atom stereocenters. The van der Waals surface area contributed by atoms with Crippen molar-refractivity contribution in [3.63, 3.8) is 0 Å². The molecule has 2 aromatic carbocycles. The van der Waals surface area contributed by atoms with Crippen LogP contribution in [0.3, 0.4) is 0 Å². The molecule has 0 saturated heterocycles. The Bertz CT molecular complexity index is 1150. The largest absolute Gasteiger partial charge is 0.496 e. The molecule has 0 bridgehead atoms. The molecule has 30 heavy (non-hydrogen) atoms. The molecule has 0 fully saturated rings. The number of fused-ring (bicyclic) bond motifs is 1. The predicted molar refractivity (Wildman–Crippen MR) is 117 cm³/mol. The number of rotatable bonds is 8. The first-order valence-electron chi connectivity index (χ1n) is 9.52. The molecule has 2 heterocycles. The number of nitrogens with one attached hydrogen (secondary N) is 1. The zero-order valence-electron chi connectivity index (χ0n) is 16.5. The molecule has 0 spiro atoms. The molecule has 6 nitrogen and oxygen atoms in total. The highest BCUT2D eigenvalue weighted by Crippen LogP contribution is 2.27. The topological polar surface area (TPSA) is 77.2 Å². The number of carbonyl (C=O) groups excluding carboxylic acids is 1. The standard InChI is InChI=1S/C23H21N3O3S/c1-28-21-11-5-2-7-16(21)13-20-23(26-19-10-4-3-9-18(19)25-20)30-15-22(27)24-14-17-8-6-12-29-17/h2-12H,13-15H2,1H3,(H,24,27). The van der Waals surface area contributed by atoms with Crippen molar-refractivity contribution in [1.29, 1.82) is 0 Å². The van der Waals surface area contributed by atoms with Crippen LogP contribution in [0, 0.1) is 0 Å². The molecule has 0 saturated carbocycles. The Morgan fingerprint density at radius 2 is 1.80 bits per heavy atom. The molecule has 0 unspecified atom stereocenters. The van der Waals surface area contributed by atoms with Crippen molar-refractivity contribution in [3.8, 4) is 5.75 Å². The Hall–Kier alpha value is -3.32. The number of methoxy groups -OCH3 is 1. The van der Waals surface area contributed by atoms with Crippen molar-refractivity contribution >= 4 is 28.7 Å². The highest BCUT2D eigenvalue weighted by molar-refractivity contribution is 7.99. The molecule has 7 heteroatoms. The van der Waals surface area contributed by atoms with E-state index in [4.69, 9.17) is 19.1 Å². The van der Waals surface area contributed by atoms with Crippen molar-refractivity contribution in [2.45, 2.75) is 18.0 Å². The third kappa shape index (κ3) is 4.80. The number of hydrogen-bond donors (Lipinski definition) is 1. The van der Waals surface area contributed by atoms with Crippen LogP contribution in [-0.2, 0) is 17.8 Å². The van der Waals surface area contributed by atoms with Gasteiger partial charge in [0.15, 0.2) is 0 Å². The Balaban J connectivity index is 1.54. The van der Waals surface area contributed by atoms with E-state index in [2.05, 4.69) is 5.32 Å². The first kappa shape index (κ1) is 20.0. The first-order chi connectivity index (χ1) is 14.7. The molecule has 1 amide bonds. The van der Waals surface area contributed by atoms with Gasteiger partial charge in [-0.3, -0.25) is 4.79 Å². The number of amides is 1. The van der Waals surface area contributed by atoms with E-state index in [1.807, 2.05) is 54.6 Å². The fourth-order valence-corrected chi connectivity index (χ4v) is 3.88. The van der Waals surface area contributed by atoms with Gasteiger partial charge in [-0.1, -0.05) is 42.1 Å². The van der Waals surface area contributed by atoms with Crippen LogP contribution in [0.25, 0.3) is 11.0 Å². The molecule has 0 aliphatic heterocycles. The Morgan fingerprint density at radius 1 is 1.03 bits per heavy atom. The average molecular weight is 420 g/mol. The molecule has 0 radical (unpaired) electrons. The van der Waals surface area contributed by atoms with Gasteiger partial charge in [0, 0.05) is 12.0 Å². The van der Waals surface area contributed by atoms with Gasteiger partial charge in [0.25, 0.3) is 0 Å². The lowest BCUT2D eigenvalue weighted by Gasteiger charge is -2.12. The number of aromatic nitrogens is 2. The molecular weight excluding hydrogens is 398 g/mol. The van der Waals surface area contributed by atoms with Crippen LogP contribution in [0.4, 0.5) is 0 Å². The van der Waals surface area contributed by atoms with Crippen LogP contribution in [0.2, 0.25) is 0 Å². The second-order valence-electron chi connectivity index (χ2n) is 6.60. The minimum Gasteiger partial charge on any atom is -0.496 e. The molecule has 152 valence electrons. The van der Waals surface area contributed by atoms with Gasteiger partial charge in [-0.2, -0.15) is 0 Å². The maximum atomic E-state index is 12.3. The monoisotopic (exact) mass is 419 g/mol. The summed E-state index contributed by atoms with van der Waals surface area (Å²) in [6.45, 7) is 0.365. The van der Waals surface area contributed by atoms with E-state index < -0.39 is 0 Å². The quantitative estimate of drug-likeness (QED) is 0.431. The van der Waals surface area contributed by atoms with Crippen molar-refractivity contribution in [2.75, 3.05) is 12.9 Å². The molecule has 4 rings (SSSR count). The Morgan fingerprint density at radius 3 is 2.57 bits per heavy atom. The lowest BCUT2D eigenvalue weighted by molar-refractivity contribution is -0.118. The van der Waals surface area contributed by atoms with Crippen LogP contribution < -0.4 is 10.1 Å². The van der Waals surface area contributed by atoms with Gasteiger partial charge in [-0.15, -0.1) is 0 Å². The van der Waals surface area contributed by atoms with Crippen LogP contribution >= 0.6 is 11.8 Å². The smallest absolute Gasteiger partial charge is 0.230 e. The molecular formula is C23H21N3O3S. The summed E-state index contributed by atoms with van der Waals surface area (Å²) in [7, 11) is 1.66. The predicted octanol–water partition coefficient (Wildman–Crippen LogP) is 4.23. The minimum absolute atomic E-state index is 0.0883. The number of ether oxygens (including phenoxy) is 1. The van der Waals surface area contributed by atoms with E-state index in [9.17, 15) is 4.79 Å². The lowest BCUT2D eigenvalue weighted by atomic mass is 10.1. The van der Waals surface area contributed by atoms with E-state index in [1.54, 1.807) is 19.4 Å². The van der Waals surface area contributed by atoms with Crippen LogP contribution in [-0.4, -0.2) is 28.7 Å². The summed E-state index contributed by atoms with van der Waals surface area (Å²) in [5, 5.41) is 3.60. The summed E-state index contributed by atoms with van der Waals surface area (Å²) in [5.41, 5.74) is 3.48. The summed E-state index contributed by atoms with van der Waals surface area (Å²) in [6, 6.07) is 19.2. The SMILES string of the molecule is COc1ccccc1Cc1nc2ccccc2nc1SCC(=O)NCc1ccco1. The Kier molecular flexibility index (Phi) is 6.29. The summed E-state index contributed by atoms with van der Waals surface area (Å²) < 4.78 is 10.7. The van der Waals surface area contributed by atoms with Gasteiger partial charge in [0.1, 0.15) is 16.5 Å². The molecule has 4 aromatic rings. The number of carbonyl (C=O) groups is 1. The third-order valence-electron chi connectivity index (χ3n) is 4.54. The lowest BCUT2D eigenvalue weighted by Crippen LogP contribution is -2.24. The summed E-state index contributed by atoms with van der Waals surface area (Å²) in [4.78, 5) is 21.9. The van der Waals surface area contributed by atoms with Crippen LogP contribution in [0.15, 0.2) is 76.4 Å². The summed E-state index contributed by atoms with van der Waals surface area (Å²) in [6.07, 6.45) is 2.16. The van der Waals surface area contributed by atoms with Gasteiger partial charge in [-0.05, 0) is 30.3 Å². The zero-order valence-corrected chi connectivity index (χ0v) is 17.3. The van der Waals surface area contributed by atoms with E-state index in [0.717, 1.165) is 38.8 Å². The van der Waals surface area contributed by atoms with Crippen molar-refractivity contribution in [2.24, 2.45) is 0 Å². The van der Waals surface area contributed by atoms with E-state index in [-0.39, 0.29) is 11.7 Å². The number of nitrogens with zero attached hydrogens (tertiary/aromatic N) is 2. The number of thioether (sulfide) groups is 1. The fraction of sp³-hybridized carbons (Fsp3) is 0.174. The van der Waals surface area contributed by atoms with Crippen molar-refractivity contribution in [1.82, 2.24) is 15.3 Å². The second-order valence-corrected chi connectivity index (χ2v) is 7.56. The van der Waals surface area contributed by atoms with Crippen molar-refractivity contribution < 1.29 is 13.9 Å². The zero-order chi connectivity index (χ0) is 20.8. The van der Waals surface area contributed by atoms with Crippen LogP contribution in [0.5, 0.6) is 5.75 Å². The van der Waals surface area contributed by atoms with Crippen LogP contribution in [0.1, 0.15) is 17.0 Å². The Labute approximate surface area is 178 Å². The van der Waals surface area contributed by atoms with E-state index in [1.165, 1.54) is 11.8 Å². The highest BCUT2D eigenvalue weighted by atomic mass is 32.2. The third-order valence-corrected chi connectivity index (χ3v) is 5.54. The normalized spacial score (nSPS) is 10.8. The molecule has 1 N–H and O–H groups in total. The van der Waals surface area contributed by atoms with Gasteiger partial charge in [0.2, 0.25) is 5.91 Å². The summed E-state index contributed by atoms with van der Waals surface area (Å²) in [5.74, 6) is 1.68. The second kappa shape index (κ2) is 9.45. The number of para-hydroxylation sites is 3. The fourth-order valence-electron chi connectivity index (χ4n) is 3.06. The van der Waals surface area contributed by atoms with Gasteiger partial charge in [-0.25, -0.2) is 9.97 Å². The first-order valence-corrected chi connectivity index (χ1v) is 10.5. The number of hydrogen-bond acceptors (Lipinski definition) is 6. The van der Waals surface area contributed by atoms with Gasteiger partial charge < -0.3 is 14.5 Å². The number of furan rings is 1. The average Bonchev–Trinajstić information content (AvgIpc) is 3.30.